The van der Waals surface area contributed by atoms with E-state index in [-0.39, 0.29) is 10.8 Å². The van der Waals surface area contributed by atoms with Gasteiger partial charge in [0.05, 0.1) is 11.5 Å². The summed E-state index contributed by atoms with van der Waals surface area (Å²) in [4.78, 5) is 16.9. The van der Waals surface area contributed by atoms with Crippen molar-refractivity contribution in [1.82, 2.24) is 14.6 Å². The third kappa shape index (κ3) is 5.55. The van der Waals surface area contributed by atoms with Gasteiger partial charge in [-0.25, -0.2) is 13.4 Å². The first-order valence-corrected chi connectivity index (χ1v) is 11.3. The van der Waals surface area contributed by atoms with Crippen molar-refractivity contribution in [3.05, 3.63) is 53.7 Å². The highest BCUT2D eigenvalue weighted by Gasteiger charge is 2.23. The van der Waals surface area contributed by atoms with Crippen LogP contribution in [-0.4, -0.2) is 43.3 Å². The highest BCUT2D eigenvalue weighted by molar-refractivity contribution is 7.89. The zero-order chi connectivity index (χ0) is 20.9. The minimum atomic E-state index is -3.61. The van der Waals surface area contributed by atoms with E-state index in [2.05, 4.69) is 10.3 Å². The lowest BCUT2D eigenvalue weighted by atomic mass is 10.2. The molecule has 156 valence electrons. The fraction of sp³-hybridized carbons (Fsp3) is 0.429. The molecule has 3 rings (SSSR count). The molecule has 0 bridgehead atoms. The van der Waals surface area contributed by atoms with Crippen LogP contribution < -0.4 is 10.1 Å². The predicted molar refractivity (Wildman–Crippen MR) is 110 cm³/mol. The van der Waals surface area contributed by atoms with Gasteiger partial charge in [-0.2, -0.15) is 4.31 Å². The van der Waals surface area contributed by atoms with E-state index in [1.807, 2.05) is 6.07 Å². The normalized spacial score (nSPS) is 14.0. The topological polar surface area (TPSA) is 88.6 Å². The predicted octanol–water partition coefficient (Wildman–Crippen LogP) is 2.83. The van der Waals surface area contributed by atoms with Crippen LogP contribution in [0.1, 0.15) is 42.6 Å². The molecule has 0 saturated heterocycles. The lowest BCUT2D eigenvalue weighted by Gasteiger charge is -2.18. The first-order chi connectivity index (χ1) is 13.9. The standard InChI is InChI=1S/C21H27N3O4S/c1-3-24(4-2)29(26,27)19-7-5-6-18(12-19)21(25)23-14-17-10-11-20(22-13-17)28-15-16-8-9-16/h5-7,10-13,16H,3-4,8-9,14-15H2,1-2H3,(H,23,25). The second kappa shape index (κ2) is 9.37. The van der Waals surface area contributed by atoms with Crippen LogP contribution in [0.5, 0.6) is 5.88 Å². The average molecular weight is 418 g/mol. The lowest BCUT2D eigenvalue weighted by molar-refractivity contribution is 0.0950. The van der Waals surface area contributed by atoms with E-state index in [0.717, 1.165) is 5.56 Å². The first-order valence-electron chi connectivity index (χ1n) is 9.90. The van der Waals surface area contributed by atoms with Gasteiger partial charge in [0.25, 0.3) is 5.91 Å². The quantitative estimate of drug-likeness (QED) is 0.642. The third-order valence-corrected chi connectivity index (χ3v) is 6.90. The number of pyridine rings is 1. The Morgan fingerprint density at radius 1 is 1.21 bits per heavy atom. The van der Waals surface area contributed by atoms with Crippen molar-refractivity contribution >= 4 is 15.9 Å². The van der Waals surface area contributed by atoms with Gasteiger partial charge in [0.2, 0.25) is 15.9 Å². The summed E-state index contributed by atoms with van der Waals surface area (Å²) in [5, 5.41) is 2.80. The van der Waals surface area contributed by atoms with Crippen LogP contribution >= 0.6 is 0 Å². The fourth-order valence-corrected chi connectivity index (χ4v) is 4.39. The van der Waals surface area contributed by atoms with E-state index >= 15 is 0 Å². The van der Waals surface area contributed by atoms with Gasteiger partial charge in [-0.1, -0.05) is 26.0 Å². The number of hydrogen-bond donors (Lipinski definition) is 1. The van der Waals surface area contributed by atoms with Gasteiger partial charge in [0.15, 0.2) is 0 Å². The van der Waals surface area contributed by atoms with Crippen molar-refractivity contribution < 1.29 is 17.9 Å². The SMILES string of the molecule is CCN(CC)S(=O)(=O)c1cccc(C(=O)NCc2ccc(OCC3CC3)nc2)c1. The van der Waals surface area contributed by atoms with Crippen LogP contribution in [0.2, 0.25) is 0 Å². The number of nitrogens with one attached hydrogen (secondary N) is 1. The van der Waals surface area contributed by atoms with Crippen LogP contribution in [0, 0.1) is 5.92 Å². The summed E-state index contributed by atoms with van der Waals surface area (Å²) in [6.45, 7) is 5.32. The van der Waals surface area contributed by atoms with E-state index in [0.29, 0.717) is 43.6 Å². The summed E-state index contributed by atoms with van der Waals surface area (Å²) in [7, 11) is -3.61. The van der Waals surface area contributed by atoms with E-state index in [9.17, 15) is 13.2 Å². The molecule has 29 heavy (non-hydrogen) atoms. The molecule has 0 aliphatic heterocycles. The monoisotopic (exact) mass is 417 g/mol. The Labute approximate surface area is 172 Å². The molecule has 1 aromatic heterocycles. The van der Waals surface area contributed by atoms with Crippen LogP contribution in [0.3, 0.4) is 0 Å². The number of carbonyl (C=O) groups excluding carboxylic acids is 1. The smallest absolute Gasteiger partial charge is 0.251 e. The van der Waals surface area contributed by atoms with Crippen LogP contribution in [0.25, 0.3) is 0 Å². The molecule has 2 aromatic rings. The summed E-state index contributed by atoms with van der Waals surface area (Å²) in [6.07, 6.45) is 4.12. The molecular weight excluding hydrogens is 390 g/mol. The number of rotatable bonds is 10. The molecule has 0 radical (unpaired) electrons. The largest absolute Gasteiger partial charge is 0.477 e. The molecular formula is C21H27N3O4S. The molecule has 1 aliphatic carbocycles. The maximum absolute atomic E-state index is 12.7. The Kier molecular flexibility index (Phi) is 6.87. The lowest BCUT2D eigenvalue weighted by Crippen LogP contribution is -2.31. The number of ether oxygens (including phenoxy) is 1. The average Bonchev–Trinajstić information content (AvgIpc) is 3.56. The Bertz CT molecular complexity index is 937. The number of nitrogens with zero attached hydrogens (tertiary/aromatic N) is 2. The molecule has 8 heteroatoms. The second-order valence-corrected chi connectivity index (χ2v) is 9.00. The van der Waals surface area contributed by atoms with E-state index < -0.39 is 10.0 Å². The molecule has 1 fully saturated rings. The van der Waals surface area contributed by atoms with Gasteiger partial charge in [0.1, 0.15) is 0 Å². The van der Waals surface area contributed by atoms with E-state index in [4.69, 9.17) is 4.74 Å². The van der Waals surface area contributed by atoms with Gasteiger partial charge in [-0.3, -0.25) is 4.79 Å². The van der Waals surface area contributed by atoms with Gasteiger partial charge >= 0.3 is 0 Å². The number of sulfonamides is 1. The molecule has 1 N–H and O–H groups in total. The Morgan fingerprint density at radius 3 is 2.59 bits per heavy atom. The zero-order valence-corrected chi connectivity index (χ0v) is 17.6. The van der Waals surface area contributed by atoms with Gasteiger partial charge in [-0.15, -0.1) is 0 Å². The van der Waals surface area contributed by atoms with E-state index in [1.165, 1.54) is 29.3 Å². The maximum atomic E-state index is 12.7. The molecule has 1 heterocycles. The van der Waals surface area contributed by atoms with Crippen molar-refractivity contribution in [3.8, 4) is 5.88 Å². The van der Waals surface area contributed by atoms with Crippen molar-refractivity contribution in [2.45, 2.75) is 38.1 Å². The minimum Gasteiger partial charge on any atom is -0.477 e. The van der Waals surface area contributed by atoms with Crippen molar-refractivity contribution in [2.24, 2.45) is 5.92 Å². The summed E-state index contributed by atoms with van der Waals surface area (Å²) in [5.74, 6) is 0.911. The molecule has 0 atom stereocenters. The van der Waals surface area contributed by atoms with Crippen LogP contribution in [0.15, 0.2) is 47.5 Å². The molecule has 1 aliphatic rings. The van der Waals surface area contributed by atoms with Gasteiger partial charge in [-0.05, 0) is 42.5 Å². The first kappa shape index (κ1) is 21.3. The van der Waals surface area contributed by atoms with E-state index in [1.54, 1.807) is 38.2 Å². The summed E-state index contributed by atoms with van der Waals surface area (Å²) in [5.41, 5.74) is 1.14. The van der Waals surface area contributed by atoms with Crippen molar-refractivity contribution in [1.29, 1.82) is 0 Å². The van der Waals surface area contributed by atoms with Crippen LogP contribution in [0.4, 0.5) is 0 Å². The van der Waals surface area contributed by atoms with Gasteiger partial charge < -0.3 is 10.1 Å². The maximum Gasteiger partial charge on any atom is 0.251 e. The second-order valence-electron chi connectivity index (χ2n) is 7.06. The fourth-order valence-electron chi connectivity index (χ4n) is 2.88. The number of carbonyl (C=O) groups is 1. The highest BCUT2D eigenvalue weighted by atomic mass is 32.2. The number of hydrogen-bond acceptors (Lipinski definition) is 5. The molecule has 0 spiro atoms. The third-order valence-electron chi connectivity index (χ3n) is 4.85. The molecule has 1 aromatic carbocycles. The zero-order valence-electron chi connectivity index (χ0n) is 16.8. The number of aromatic nitrogens is 1. The van der Waals surface area contributed by atoms with Crippen LogP contribution in [-0.2, 0) is 16.6 Å². The Morgan fingerprint density at radius 2 is 1.97 bits per heavy atom. The summed E-state index contributed by atoms with van der Waals surface area (Å²) >= 11 is 0. The number of amides is 1. The highest BCUT2D eigenvalue weighted by Crippen LogP contribution is 2.29. The Hall–Kier alpha value is -2.45. The molecule has 1 amide bonds. The van der Waals surface area contributed by atoms with Crippen molar-refractivity contribution in [2.75, 3.05) is 19.7 Å². The summed E-state index contributed by atoms with van der Waals surface area (Å²) < 4.78 is 32.3. The Balaban J connectivity index is 1.60. The van der Waals surface area contributed by atoms with Gasteiger partial charge in [0, 0.05) is 37.5 Å². The molecule has 7 nitrogen and oxygen atoms in total. The minimum absolute atomic E-state index is 0.118. The van der Waals surface area contributed by atoms with Crippen molar-refractivity contribution in [3.63, 3.8) is 0 Å². The molecule has 0 unspecified atom stereocenters. The number of benzene rings is 1. The summed E-state index contributed by atoms with van der Waals surface area (Å²) in [6, 6.07) is 9.76. The molecule has 1 saturated carbocycles.